The van der Waals surface area contributed by atoms with Gasteiger partial charge in [-0.3, -0.25) is 0 Å². The lowest BCUT2D eigenvalue weighted by molar-refractivity contribution is 0.218. The normalized spacial score (nSPS) is 12.5. The van der Waals surface area contributed by atoms with Crippen molar-refractivity contribution in [3.05, 3.63) is 54.6 Å². The van der Waals surface area contributed by atoms with E-state index < -0.39 is 0 Å². The molecule has 3 rings (SSSR count). The van der Waals surface area contributed by atoms with Gasteiger partial charge in [-0.1, -0.05) is 37.3 Å². The molecule has 1 unspecified atom stereocenters. The summed E-state index contributed by atoms with van der Waals surface area (Å²) in [6, 6.07) is 18.1. The minimum atomic E-state index is 0.195. The Kier molecular flexibility index (Phi) is 3.46. The SMILES string of the molecule is CCC(C)Oc1ccccc1-c1cc2ccccc2o1. The Balaban J connectivity index is 2.04. The maximum absolute atomic E-state index is 5.99. The van der Waals surface area contributed by atoms with Gasteiger partial charge in [-0.05, 0) is 37.6 Å². The van der Waals surface area contributed by atoms with E-state index in [-0.39, 0.29) is 6.10 Å². The Morgan fingerprint density at radius 1 is 1.05 bits per heavy atom. The average Bonchev–Trinajstić information content (AvgIpc) is 2.91. The third-order valence-corrected chi connectivity index (χ3v) is 3.48. The molecule has 0 amide bonds. The van der Waals surface area contributed by atoms with Crippen LogP contribution < -0.4 is 4.74 Å². The molecule has 0 fully saturated rings. The van der Waals surface area contributed by atoms with Crippen molar-refractivity contribution < 1.29 is 9.15 Å². The van der Waals surface area contributed by atoms with E-state index in [0.717, 1.165) is 34.5 Å². The molecule has 20 heavy (non-hydrogen) atoms. The highest BCUT2D eigenvalue weighted by molar-refractivity contribution is 5.83. The molecule has 2 nitrogen and oxygen atoms in total. The van der Waals surface area contributed by atoms with E-state index in [2.05, 4.69) is 26.0 Å². The smallest absolute Gasteiger partial charge is 0.139 e. The molecule has 3 aromatic rings. The highest BCUT2D eigenvalue weighted by atomic mass is 16.5. The lowest BCUT2D eigenvalue weighted by Crippen LogP contribution is -2.10. The molecule has 1 atom stereocenters. The summed E-state index contributed by atoms with van der Waals surface area (Å²) in [6.07, 6.45) is 1.18. The van der Waals surface area contributed by atoms with Gasteiger partial charge in [0.05, 0.1) is 11.7 Å². The number of rotatable bonds is 4. The van der Waals surface area contributed by atoms with Gasteiger partial charge in [0.25, 0.3) is 0 Å². The minimum absolute atomic E-state index is 0.195. The zero-order valence-electron chi connectivity index (χ0n) is 11.8. The van der Waals surface area contributed by atoms with Gasteiger partial charge in [-0.2, -0.15) is 0 Å². The van der Waals surface area contributed by atoms with Crippen molar-refractivity contribution in [1.82, 2.24) is 0 Å². The molecule has 0 radical (unpaired) electrons. The molecule has 0 saturated heterocycles. The van der Waals surface area contributed by atoms with Crippen molar-refractivity contribution >= 4 is 11.0 Å². The first-order chi connectivity index (χ1) is 9.78. The van der Waals surface area contributed by atoms with E-state index in [1.54, 1.807) is 0 Å². The van der Waals surface area contributed by atoms with Crippen LogP contribution in [0.5, 0.6) is 5.75 Å². The predicted octanol–water partition coefficient (Wildman–Crippen LogP) is 5.28. The van der Waals surface area contributed by atoms with Crippen LogP contribution in [0.4, 0.5) is 0 Å². The quantitative estimate of drug-likeness (QED) is 0.641. The first-order valence-corrected chi connectivity index (χ1v) is 7.02. The fourth-order valence-corrected chi connectivity index (χ4v) is 2.19. The summed E-state index contributed by atoms with van der Waals surface area (Å²) >= 11 is 0. The van der Waals surface area contributed by atoms with E-state index in [4.69, 9.17) is 9.15 Å². The molecule has 1 heterocycles. The van der Waals surface area contributed by atoms with Crippen LogP contribution in [0.25, 0.3) is 22.3 Å². The summed E-state index contributed by atoms with van der Waals surface area (Å²) in [7, 11) is 0. The molecule has 0 saturated carbocycles. The van der Waals surface area contributed by atoms with Crippen LogP contribution in [0.1, 0.15) is 20.3 Å². The Labute approximate surface area is 119 Å². The fraction of sp³-hybridized carbons (Fsp3) is 0.222. The molecular weight excluding hydrogens is 248 g/mol. The Morgan fingerprint density at radius 3 is 2.60 bits per heavy atom. The van der Waals surface area contributed by atoms with Gasteiger partial charge in [0.2, 0.25) is 0 Å². The van der Waals surface area contributed by atoms with Crippen molar-refractivity contribution in [3.63, 3.8) is 0 Å². The molecule has 1 aromatic heterocycles. The monoisotopic (exact) mass is 266 g/mol. The summed E-state index contributed by atoms with van der Waals surface area (Å²) in [5.74, 6) is 1.73. The van der Waals surface area contributed by atoms with E-state index in [1.165, 1.54) is 0 Å². The van der Waals surface area contributed by atoms with Crippen molar-refractivity contribution in [1.29, 1.82) is 0 Å². The summed E-state index contributed by atoms with van der Waals surface area (Å²) in [4.78, 5) is 0. The lowest BCUT2D eigenvalue weighted by atomic mass is 10.1. The van der Waals surface area contributed by atoms with Crippen molar-refractivity contribution in [2.24, 2.45) is 0 Å². The van der Waals surface area contributed by atoms with Gasteiger partial charge in [0, 0.05) is 5.39 Å². The molecule has 0 aliphatic carbocycles. The maximum Gasteiger partial charge on any atom is 0.139 e. The fourth-order valence-electron chi connectivity index (χ4n) is 2.19. The van der Waals surface area contributed by atoms with Crippen LogP contribution in [-0.4, -0.2) is 6.10 Å². The summed E-state index contributed by atoms with van der Waals surface area (Å²) in [5, 5.41) is 1.11. The molecule has 0 bridgehead atoms. The molecule has 0 spiro atoms. The Hall–Kier alpha value is -2.22. The van der Waals surface area contributed by atoms with Crippen LogP contribution in [0.3, 0.4) is 0 Å². The largest absolute Gasteiger partial charge is 0.490 e. The maximum atomic E-state index is 5.99. The highest BCUT2D eigenvalue weighted by Crippen LogP contribution is 2.34. The van der Waals surface area contributed by atoms with Gasteiger partial charge in [0.15, 0.2) is 0 Å². The zero-order valence-corrected chi connectivity index (χ0v) is 11.8. The number of benzene rings is 2. The topological polar surface area (TPSA) is 22.4 Å². The number of para-hydroxylation sites is 2. The molecule has 2 heteroatoms. The van der Waals surface area contributed by atoms with Crippen LogP contribution in [-0.2, 0) is 0 Å². The zero-order chi connectivity index (χ0) is 13.9. The standard InChI is InChI=1S/C18H18O2/c1-3-13(2)19-17-11-7-5-9-15(17)18-12-14-8-4-6-10-16(14)20-18/h4-13H,3H2,1-2H3. The second-order valence-corrected chi connectivity index (χ2v) is 4.98. The molecule has 0 aliphatic heterocycles. The minimum Gasteiger partial charge on any atom is -0.490 e. The van der Waals surface area contributed by atoms with Crippen molar-refractivity contribution in [2.45, 2.75) is 26.4 Å². The first kappa shape index (κ1) is 12.8. The number of fused-ring (bicyclic) bond motifs is 1. The number of ether oxygens (including phenoxy) is 1. The Bertz CT molecular complexity index is 679. The van der Waals surface area contributed by atoms with Crippen LogP contribution in [0.2, 0.25) is 0 Å². The third kappa shape index (κ3) is 2.42. The number of furan rings is 1. The van der Waals surface area contributed by atoms with Gasteiger partial charge in [-0.25, -0.2) is 0 Å². The lowest BCUT2D eigenvalue weighted by Gasteiger charge is -2.14. The van der Waals surface area contributed by atoms with E-state index >= 15 is 0 Å². The van der Waals surface area contributed by atoms with Crippen molar-refractivity contribution in [3.8, 4) is 17.1 Å². The first-order valence-electron chi connectivity index (χ1n) is 7.02. The van der Waals surface area contributed by atoms with Crippen molar-refractivity contribution in [2.75, 3.05) is 0 Å². The highest BCUT2D eigenvalue weighted by Gasteiger charge is 2.12. The summed E-state index contributed by atoms with van der Waals surface area (Å²) in [5.41, 5.74) is 1.91. The molecule has 102 valence electrons. The van der Waals surface area contributed by atoms with Crippen LogP contribution >= 0.6 is 0 Å². The summed E-state index contributed by atoms with van der Waals surface area (Å²) < 4.78 is 11.9. The Morgan fingerprint density at radius 2 is 1.80 bits per heavy atom. The second kappa shape index (κ2) is 5.41. The van der Waals surface area contributed by atoms with Crippen LogP contribution in [0, 0.1) is 0 Å². The van der Waals surface area contributed by atoms with Gasteiger partial charge >= 0.3 is 0 Å². The van der Waals surface area contributed by atoms with E-state index in [9.17, 15) is 0 Å². The third-order valence-electron chi connectivity index (χ3n) is 3.48. The van der Waals surface area contributed by atoms with Gasteiger partial charge in [-0.15, -0.1) is 0 Å². The molecule has 0 N–H and O–H groups in total. The molecular formula is C18H18O2. The molecule has 2 aromatic carbocycles. The number of hydrogen-bond acceptors (Lipinski definition) is 2. The summed E-state index contributed by atoms with van der Waals surface area (Å²) in [6.45, 7) is 4.20. The average molecular weight is 266 g/mol. The predicted molar refractivity (Wildman–Crippen MR) is 82.0 cm³/mol. The van der Waals surface area contributed by atoms with Gasteiger partial charge in [0.1, 0.15) is 17.1 Å². The molecule has 0 aliphatic rings. The number of hydrogen-bond donors (Lipinski definition) is 0. The van der Waals surface area contributed by atoms with E-state index in [0.29, 0.717) is 0 Å². The van der Waals surface area contributed by atoms with Crippen LogP contribution in [0.15, 0.2) is 59.0 Å². The van der Waals surface area contributed by atoms with Gasteiger partial charge < -0.3 is 9.15 Å². The second-order valence-electron chi connectivity index (χ2n) is 4.98. The van der Waals surface area contributed by atoms with E-state index in [1.807, 2.05) is 42.5 Å².